The van der Waals surface area contributed by atoms with Gasteiger partial charge in [0, 0.05) is 19.5 Å². The lowest BCUT2D eigenvalue weighted by Crippen LogP contribution is -2.52. The van der Waals surface area contributed by atoms with Crippen LogP contribution in [0.4, 0.5) is 4.79 Å². The number of nitrogens with one attached hydrogen (secondary N) is 1. The molecular weight excluding hydrogens is 274 g/mol. The SMILES string of the molecule is CC1CCCCC1N(C)C(=O)N[C@@H](CCC(N)=O)C(=O)O. The normalized spacial score (nSPS) is 23.1. The Bertz CT molecular complexity index is 400. The average molecular weight is 299 g/mol. The molecule has 0 aromatic rings. The number of urea groups is 1. The maximum Gasteiger partial charge on any atom is 0.326 e. The zero-order chi connectivity index (χ0) is 16.0. The second kappa shape index (κ2) is 7.85. The summed E-state index contributed by atoms with van der Waals surface area (Å²) >= 11 is 0. The molecule has 4 N–H and O–H groups in total. The van der Waals surface area contributed by atoms with Gasteiger partial charge in [-0.3, -0.25) is 4.79 Å². The molecular formula is C14H25N3O4. The van der Waals surface area contributed by atoms with Crippen molar-refractivity contribution < 1.29 is 19.5 Å². The summed E-state index contributed by atoms with van der Waals surface area (Å²) in [6.07, 6.45) is 4.20. The van der Waals surface area contributed by atoms with Gasteiger partial charge < -0.3 is 21.1 Å². The number of primary amides is 1. The maximum atomic E-state index is 12.2. The van der Waals surface area contributed by atoms with Gasteiger partial charge in [-0.05, 0) is 25.2 Å². The number of carboxylic acid groups (broad SMARTS) is 1. The highest BCUT2D eigenvalue weighted by Gasteiger charge is 2.30. The minimum absolute atomic E-state index is 0.00443. The van der Waals surface area contributed by atoms with Gasteiger partial charge in [0.2, 0.25) is 5.91 Å². The van der Waals surface area contributed by atoms with Gasteiger partial charge in [-0.2, -0.15) is 0 Å². The highest BCUT2D eigenvalue weighted by molar-refractivity contribution is 5.83. The lowest BCUT2D eigenvalue weighted by Gasteiger charge is -2.36. The fourth-order valence-corrected chi connectivity index (χ4v) is 2.82. The van der Waals surface area contributed by atoms with Crippen LogP contribution in [-0.4, -0.2) is 47.0 Å². The molecule has 21 heavy (non-hydrogen) atoms. The van der Waals surface area contributed by atoms with Crippen LogP contribution in [-0.2, 0) is 9.59 Å². The summed E-state index contributed by atoms with van der Waals surface area (Å²) in [7, 11) is 1.69. The number of carbonyl (C=O) groups excluding carboxylic acids is 2. The summed E-state index contributed by atoms with van der Waals surface area (Å²) in [6.45, 7) is 2.11. The number of hydrogen-bond acceptors (Lipinski definition) is 3. The molecule has 1 fully saturated rings. The number of rotatable bonds is 6. The first-order valence-electron chi connectivity index (χ1n) is 7.37. The van der Waals surface area contributed by atoms with Gasteiger partial charge in [-0.1, -0.05) is 19.8 Å². The molecule has 0 heterocycles. The molecule has 7 heteroatoms. The Labute approximate surface area is 124 Å². The van der Waals surface area contributed by atoms with E-state index >= 15 is 0 Å². The lowest BCUT2D eigenvalue weighted by molar-refractivity contribution is -0.139. The third-order valence-electron chi connectivity index (χ3n) is 4.16. The van der Waals surface area contributed by atoms with E-state index in [-0.39, 0.29) is 18.9 Å². The van der Waals surface area contributed by atoms with Crippen LogP contribution in [0.5, 0.6) is 0 Å². The maximum absolute atomic E-state index is 12.2. The molecule has 2 unspecified atom stereocenters. The monoisotopic (exact) mass is 299 g/mol. The van der Waals surface area contributed by atoms with Crippen molar-refractivity contribution in [3.63, 3.8) is 0 Å². The molecule has 3 amide bonds. The van der Waals surface area contributed by atoms with E-state index in [0.717, 1.165) is 19.3 Å². The van der Waals surface area contributed by atoms with Crippen LogP contribution in [0.25, 0.3) is 0 Å². The molecule has 1 saturated carbocycles. The molecule has 0 saturated heterocycles. The van der Waals surface area contributed by atoms with E-state index in [1.165, 1.54) is 6.42 Å². The van der Waals surface area contributed by atoms with Gasteiger partial charge >= 0.3 is 12.0 Å². The first-order chi connectivity index (χ1) is 9.82. The Balaban J connectivity index is 2.59. The van der Waals surface area contributed by atoms with E-state index in [0.29, 0.717) is 5.92 Å². The van der Waals surface area contributed by atoms with E-state index < -0.39 is 23.9 Å². The van der Waals surface area contributed by atoms with Crippen molar-refractivity contribution in [2.45, 2.75) is 57.5 Å². The third-order valence-corrected chi connectivity index (χ3v) is 4.16. The van der Waals surface area contributed by atoms with E-state index in [1.54, 1.807) is 11.9 Å². The van der Waals surface area contributed by atoms with E-state index in [2.05, 4.69) is 12.2 Å². The van der Waals surface area contributed by atoms with Gasteiger partial charge in [-0.15, -0.1) is 0 Å². The molecule has 0 aromatic carbocycles. The quantitative estimate of drug-likeness (QED) is 0.677. The number of carbonyl (C=O) groups is 3. The van der Waals surface area contributed by atoms with Crippen molar-refractivity contribution in [3.8, 4) is 0 Å². The smallest absolute Gasteiger partial charge is 0.326 e. The third kappa shape index (κ3) is 5.24. The van der Waals surface area contributed by atoms with Gasteiger partial charge in [0.25, 0.3) is 0 Å². The van der Waals surface area contributed by atoms with Crippen molar-refractivity contribution in [2.75, 3.05) is 7.05 Å². The van der Waals surface area contributed by atoms with Crippen molar-refractivity contribution >= 4 is 17.9 Å². The number of carboxylic acids is 1. The van der Waals surface area contributed by atoms with Crippen LogP contribution in [0.1, 0.15) is 45.4 Å². The summed E-state index contributed by atoms with van der Waals surface area (Å²) in [4.78, 5) is 35.6. The fraction of sp³-hybridized carbons (Fsp3) is 0.786. The standard InChI is InChI=1S/C14H25N3O4/c1-9-5-3-4-6-11(9)17(2)14(21)16-10(13(19)20)7-8-12(15)18/h9-11H,3-8H2,1-2H3,(H2,15,18)(H,16,21)(H,19,20)/t9?,10-,11?/m0/s1. The van der Waals surface area contributed by atoms with Crippen LogP contribution in [0.3, 0.4) is 0 Å². The molecule has 3 atom stereocenters. The topological polar surface area (TPSA) is 113 Å². The molecule has 7 nitrogen and oxygen atoms in total. The molecule has 0 bridgehead atoms. The van der Waals surface area contributed by atoms with E-state index in [9.17, 15) is 14.4 Å². The van der Waals surface area contributed by atoms with Crippen molar-refractivity contribution in [2.24, 2.45) is 11.7 Å². The number of hydrogen-bond donors (Lipinski definition) is 3. The van der Waals surface area contributed by atoms with E-state index in [1.807, 2.05) is 0 Å². The number of nitrogens with zero attached hydrogens (tertiary/aromatic N) is 1. The molecule has 0 aliphatic heterocycles. The predicted molar refractivity (Wildman–Crippen MR) is 77.6 cm³/mol. The fourth-order valence-electron chi connectivity index (χ4n) is 2.82. The van der Waals surface area contributed by atoms with Gasteiger partial charge in [0.05, 0.1) is 0 Å². The molecule has 120 valence electrons. The van der Waals surface area contributed by atoms with Crippen LogP contribution in [0.15, 0.2) is 0 Å². The number of amides is 3. The van der Waals surface area contributed by atoms with E-state index in [4.69, 9.17) is 10.8 Å². The van der Waals surface area contributed by atoms with Crippen LogP contribution in [0.2, 0.25) is 0 Å². The highest BCUT2D eigenvalue weighted by Crippen LogP contribution is 2.27. The molecule has 1 rings (SSSR count). The zero-order valence-electron chi connectivity index (χ0n) is 12.7. The zero-order valence-corrected chi connectivity index (χ0v) is 12.7. The summed E-state index contributed by atoms with van der Waals surface area (Å²) in [6, 6.07) is -1.37. The molecule has 0 spiro atoms. The predicted octanol–water partition coefficient (Wildman–Crippen LogP) is 0.925. The lowest BCUT2D eigenvalue weighted by atomic mass is 9.85. The first kappa shape index (κ1) is 17.3. The minimum atomic E-state index is -1.16. The molecule has 1 aliphatic carbocycles. The number of nitrogens with two attached hydrogens (primary N) is 1. The second-order valence-electron chi connectivity index (χ2n) is 5.79. The van der Waals surface area contributed by atoms with Gasteiger partial charge in [0.15, 0.2) is 0 Å². The largest absolute Gasteiger partial charge is 0.480 e. The first-order valence-corrected chi connectivity index (χ1v) is 7.37. The highest BCUT2D eigenvalue weighted by atomic mass is 16.4. The summed E-state index contributed by atoms with van der Waals surface area (Å²) in [5.41, 5.74) is 5.01. The summed E-state index contributed by atoms with van der Waals surface area (Å²) in [5.74, 6) is -1.33. The van der Waals surface area contributed by atoms with Crippen molar-refractivity contribution in [1.29, 1.82) is 0 Å². The Kier molecular flexibility index (Phi) is 6.45. The minimum Gasteiger partial charge on any atom is -0.480 e. The average Bonchev–Trinajstić information content (AvgIpc) is 2.42. The van der Waals surface area contributed by atoms with Crippen molar-refractivity contribution in [3.05, 3.63) is 0 Å². The van der Waals surface area contributed by atoms with Gasteiger partial charge in [-0.25, -0.2) is 9.59 Å². The molecule has 1 aliphatic rings. The van der Waals surface area contributed by atoms with Crippen LogP contribution in [0, 0.1) is 5.92 Å². The van der Waals surface area contributed by atoms with Gasteiger partial charge in [0.1, 0.15) is 6.04 Å². The second-order valence-corrected chi connectivity index (χ2v) is 5.79. The van der Waals surface area contributed by atoms with Crippen LogP contribution < -0.4 is 11.1 Å². The Morgan fingerprint density at radius 2 is 1.95 bits per heavy atom. The Morgan fingerprint density at radius 3 is 2.48 bits per heavy atom. The molecule has 0 radical (unpaired) electrons. The summed E-state index contributed by atoms with van der Waals surface area (Å²) < 4.78 is 0. The Morgan fingerprint density at radius 1 is 1.33 bits per heavy atom. The Hall–Kier alpha value is -1.79. The van der Waals surface area contributed by atoms with Crippen molar-refractivity contribution in [1.82, 2.24) is 10.2 Å². The van der Waals surface area contributed by atoms with Crippen LogP contribution >= 0.6 is 0 Å². The number of aliphatic carboxylic acids is 1. The molecule has 0 aromatic heterocycles. The summed E-state index contributed by atoms with van der Waals surface area (Å²) in [5, 5.41) is 11.6.